The molecule has 0 aliphatic rings. The number of nitrogens with one attached hydrogen (secondary N) is 1. The summed E-state index contributed by atoms with van der Waals surface area (Å²) >= 11 is 0. The molecule has 1 aromatic carbocycles. The van der Waals surface area contributed by atoms with Gasteiger partial charge in [-0.1, -0.05) is 6.07 Å². The van der Waals surface area contributed by atoms with Crippen molar-refractivity contribution >= 4 is 0 Å². The topological polar surface area (TPSA) is 30.5 Å². The lowest BCUT2D eigenvalue weighted by Gasteiger charge is -2.11. The molecule has 15 heavy (non-hydrogen) atoms. The first-order valence-electron chi connectivity index (χ1n) is 4.78. The van der Waals surface area contributed by atoms with Crippen LogP contribution < -0.4 is 14.8 Å². The van der Waals surface area contributed by atoms with Crippen LogP contribution in [0.4, 0.5) is 4.39 Å². The molecule has 3 nitrogen and oxygen atoms in total. The molecule has 0 saturated carbocycles. The van der Waals surface area contributed by atoms with Gasteiger partial charge in [-0.15, -0.1) is 0 Å². The number of ether oxygens (including phenoxy) is 2. The molecule has 0 fully saturated rings. The molecule has 0 heterocycles. The van der Waals surface area contributed by atoms with Crippen molar-refractivity contribution in [3.05, 3.63) is 23.5 Å². The highest BCUT2D eigenvalue weighted by atomic mass is 19.1. The Balaban J connectivity index is 3.01. The van der Waals surface area contributed by atoms with E-state index in [1.165, 1.54) is 14.2 Å². The molecule has 0 unspecified atom stereocenters. The summed E-state index contributed by atoms with van der Waals surface area (Å²) in [7, 11) is 4.75. The van der Waals surface area contributed by atoms with Crippen molar-refractivity contribution in [2.24, 2.45) is 0 Å². The molecular weight excluding hydrogens is 197 g/mol. The van der Waals surface area contributed by atoms with E-state index in [2.05, 4.69) is 5.32 Å². The van der Waals surface area contributed by atoms with Crippen molar-refractivity contribution in [1.29, 1.82) is 0 Å². The van der Waals surface area contributed by atoms with Gasteiger partial charge in [-0.3, -0.25) is 0 Å². The quantitative estimate of drug-likeness (QED) is 0.806. The molecule has 1 rings (SSSR count). The molecule has 1 aromatic rings. The Morgan fingerprint density at radius 1 is 1.27 bits per heavy atom. The van der Waals surface area contributed by atoms with Gasteiger partial charge in [0.05, 0.1) is 14.2 Å². The maximum atomic E-state index is 13.7. The zero-order valence-corrected chi connectivity index (χ0v) is 9.26. The van der Waals surface area contributed by atoms with Crippen LogP contribution in [0.2, 0.25) is 0 Å². The first-order valence-corrected chi connectivity index (χ1v) is 4.78. The van der Waals surface area contributed by atoms with Crippen molar-refractivity contribution in [3.63, 3.8) is 0 Å². The summed E-state index contributed by atoms with van der Waals surface area (Å²) in [6.07, 6.45) is 0.723. The molecule has 0 spiro atoms. The lowest BCUT2D eigenvalue weighted by molar-refractivity contribution is 0.347. The highest BCUT2D eigenvalue weighted by molar-refractivity contribution is 5.42. The van der Waals surface area contributed by atoms with Gasteiger partial charge < -0.3 is 14.8 Å². The molecule has 84 valence electrons. The Kier molecular flexibility index (Phi) is 4.37. The van der Waals surface area contributed by atoms with Gasteiger partial charge in [-0.25, -0.2) is 0 Å². The Morgan fingerprint density at radius 2 is 2.00 bits per heavy atom. The van der Waals surface area contributed by atoms with E-state index in [9.17, 15) is 4.39 Å². The minimum absolute atomic E-state index is 0.208. The predicted molar refractivity (Wildman–Crippen MR) is 57.1 cm³/mol. The third-order valence-corrected chi connectivity index (χ3v) is 2.21. The van der Waals surface area contributed by atoms with Crippen LogP contribution in [-0.4, -0.2) is 27.8 Å². The normalized spacial score (nSPS) is 10.1. The third kappa shape index (κ3) is 2.59. The molecule has 0 radical (unpaired) electrons. The summed E-state index contributed by atoms with van der Waals surface area (Å²) in [5, 5.41) is 3.01. The van der Waals surface area contributed by atoms with Crippen molar-refractivity contribution in [2.45, 2.75) is 6.42 Å². The van der Waals surface area contributed by atoms with Gasteiger partial charge in [0.15, 0.2) is 11.5 Å². The third-order valence-electron chi connectivity index (χ3n) is 2.21. The first-order chi connectivity index (χ1) is 7.24. The van der Waals surface area contributed by atoms with E-state index < -0.39 is 5.82 Å². The molecule has 4 heteroatoms. The highest BCUT2D eigenvalue weighted by Crippen LogP contribution is 2.30. The Bertz CT molecular complexity index is 329. The maximum Gasteiger partial charge on any atom is 0.207 e. The van der Waals surface area contributed by atoms with E-state index in [-0.39, 0.29) is 11.5 Å². The van der Waals surface area contributed by atoms with Gasteiger partial charge in [0.2, 0.25) is 5.82 Å². The molecule has 0 bridgehead atoms. The number of halogens is 1. The predicted octanol–water partition coefficient (Wildman–Crippen LogP) is 1.60. The summed E-state index contributed by atoms with van der Waals surface area (Å²) in [5.74, 6) is 0.0401. The maximum absolute atomic E-state index is 13.7. The van der Waals surface area contributed by atoms with E-state index in [1.807, 2.05) is 13.1 Å². The van der Waals surface area contributed by atoms with Gasteiger partial charge in [0.25, 0.3) is 0 Å². The lowest BCUT2D eigenvalue weighted by Crippen LogP contribution is -2.11. The number of methoxy groups -OCH3 is 2. The molecule has 0 aromatic heterocycles. The number of benzene rings is 1. The summed E-state index contributed by atoms with van der Waals surface area (Å²) in [4.78, 5) is 0. The van der Waals surface area contributed by atoms with E-state index >= 15 is 0 Å². The highest BCUT2D eigenvalue weighted by Gasteiger charge is 2.13. The lowest BCUT2D eigenvalue weighted by atomic mass is 10.1. The number of hydrogen-bond donors (Lipinski definition) is 1. The van der Waals surface area contributed by atoms with Crippen LogP contribution in [0.1, 0.15) is 5.56 Å². The van der Waals surface area contributed by atoms with E-state index in [0.29, 0.717) is 0 Å². The zero-order valence-electron chi connectivity index (χ0n) is 9.26. The summed E-state index contributed by atoms with van der Waals surface area (Å²) in [5.41, 5.74) is 0.838. The fraction of sp³-hybridized carbons (Fsp3) is 0.455. The van der Waals surface area contributed by atoms with Crippen LogP contribution in [-0.2, 0) is 6.42 Å². The molecule has 0 saturated heterocycles. The van der Waals surface area contributed by atoms with Crippen LogP contribution >= 0.6 is 0 Å². The zero-order chi connectivity index (χ0) is 11.3. The average Bonchev–Trinajstić information content (AvgIpc) is 2.26. The van der Waals surface area contributed by atoms with Crippen LogP contribution in [0.25, 0.3) is 0 Å². The molecule has 0 aliphatic heterocycles. The first kappa shape index (κ1) is 11.8. The second-order valence-corrected chi connectivity index (χ2v) is 3.13. The Hall–Kier alpha value is -1.29. The van der Waals surface area contributed by atoms with Crippen LogP contribution in [0.5, 0.6) is 11.5 Å². The Labute approximate surface area is 89.2 Å². The SMILES string of the molecule is CNCCc1ccc(OC)c(F)c1OC. The van der Waals surface area contributed by atoms with Crippen LogP contribution in [0.15, 0.2) is 12.1 Å². The number of rotatable bonds is 5. The monoisotopic (exact) mass is 213 g/mol. The molecular formula is C11H16FNO2. The minimum Gasteiger partial charge on any atom is -0.494 e. The van der Waals surface area contributed by atoms with Crippen LogP contribution in [0.3, 0.4) is 0 Å². The molecule has 0 amide bonds. The van der Waals surface area contributed by atoms with Gasteiger partial charge in [0.1, 0.15) is 0 Å². The van der Waals surface area contributed by atoms with Gasteiger partial charge >= 0.3 is 0 Å². The van der Waals surface area contributed by atoms with Crippen molar-refractivity contribution in [1.82, 2.24) is 5.32 Å². The molecule has 0 atom stereocenters. The number of hydrogen-bond acceptors (Lipinski definition) is 3. The minimum atomic E-state index is -0.436. The number of likely N-dealkylation sites (N-methyl/N-ethyl adjacent to an activating group) is 1. The van der Waals surface area contributed by atoms with Crippen molar-refractivity contribution in [2.75, 3.05) is 27.8 Å². The smallest absolute Gasteiger partial charge is 0.207 e. The Morgan fingerprint density at radius 3 is 2.53 bits per heavy atom. The van der Waals surface area contributed by atoms with Gasteiger partial charge in [-0.2, -0.15) is 4.39 Å². The van der Waals surface area contributed by atoms with Crippen molar-refractivity contribution < 1.29 is 13.9 Å². The van der Waals surface area contributed by atoms with E-state index in [0.717, 1.165) is 18.5 Å². The van der Waals surface area contributed by atoms with Gasteiger partial charge in [0, 0.05) is 0 Å². The standard InChI is InChI=1S/C11H16FNO2/c1-13-7-6-8-4-5-9(14-2)10(12)11(8)15-3/h4-5,13H,6-7H2,1-3H3. The van der Waals surface area contributed by atoms with Crippen molar-refractivity contribution in [3.8, 4) is 11.5 Å². The molecule has 1 N–H and O–H groups in total. The van der Waals surface area contributed by atoms with Crippen LogP contribution in [0, 0.1) is 5.82 Å². The summed E-state index contributed by atoms with van der Waals surface area (Å²) in [6.45, 7) is 0.780. The average molecular weight is 213 g/mol. The molecule has 0 aliphatic carbocycles. The fourth-order valence-corrected chi connectivity index (χ4v) is 1.41. The second kappa shape index (κ2) is 5.56. The largest absolute Gasteiger partial charge is 0.494 e. The second-order valence-electron chi connectivity index (χ2n) is 3.13. The van der Waals surface area contributed by atoms with E-state index in [4.69, 9.17) is 9.47 Å². The summed E-state index contributed by atoms with van der Waals surface area (Å²) < 4.78 is 23.6. The fourth-order valence-electron chi connectivity index (χ4n) is 1.41. The van der Waals surface area contributed by atoms with E-state index in [1.54, 1.807) is 6.07 Å². The summed E-state index contributed by atoms with van der Waals surface area (Å²) in [6, 6.07) is 3.43. The van der Waals surface area contributed by atoms with Gasteiger partial charge in [-0.05, 0) is 31.6 Å².